The number of amides is 1. The van der Waals surface area contributed by atoms with Gasteiger partial charge in [-0.05, 0) is 48.2 Å². The van der Waals surface area contributed by atoms with Gasteiger partial charge >= 0.3 is 0 Å². The third-order valence-electron chi connectivity index (χ3n) is 5.64. The highest BCUT2D eigenvalue weighted by Gasteiger charge is 2.22. The lowest BCUT2D eigenvalue weighted by Crippen LogP contribution is -2.19. The highest BCUT2D eigenvalue weighted by Crippen LogP contribution is 2.42. The number of rotatable bonds is 7. The van der Waals surface area contributed by atoms with Crippen molar-refractivity contribution in [1.82, 2.24) is 20.3 Å². The molecule has 0 saturated heterocycles. The third kappa shape index (κ3) is 4.66. The van der Waals surface area contributed by atoms with Gasteiger partial charge in [0.05, 0.1) is 27.1 Å². The van der Waals surface area contributed by atoms with E-state index in [4.69, 9.17) is 4.74 Å². The molecule has 0 aliphatic heterocycles. The van der Waals surface area contributed by atoms with Crippen molar-refractivity contribution in [3.05, 3.63) is 71.5 Å². The number of hydrogen-bond acceptors (Lipinski definition) is 9. The first kappa shape index (κ1) is 24.8. The molecule has 0 aliphatic carbocycles. The maximum absolute atomic E-state index is 13.2. The Labute approximate surface area is 221 Å². The summed E-state index contributed by atoms with van der Waals surface area (Å²) in [6, 6.07) is 11.5. The van der Waals surface area contributed by atoms with Crippen molar-refractivity contribution in [3.63, 3.8) is 0 Å². The minimum atomic E-state index is -4.05. The third-order valence-corrected chi connectivity index (χ3v) is 9.22. The second-order valence-corrected chi connectivity index (χ2v) is 11.6. The molecule has 2 N–H and O–H groups in total. The maximum Gasteiger partial charge on any atom is 0.262 e. The monoisotopic (exact) mass is 551 g/mol. The quantitative estimate of drug-likeness (QED) is 0.293. The average molecular weight is 552 g/mol. The minimum Gasteiger partial charge on any atom is -0.480 e. The number of aromatic nitrogens is 3. The van der Waals surface area contributed by atoms with E-state index in [1.807, 2.05) is 24.4 Å². The standard InChI is InChI=1S/C25H21N5O4S3/c1-14-20-23(21(29-13-28-20)19-8-5-9-35-19)36-22(14)16-11-18(25(34-3)27-12-16)30-37(32,33)17-7-4-6-15(10-17)24(31)26-2/h4-13,30H,1-3H3,(H,26,31). The first-order valence-electron chi connectivity index (χ1n) is 11.0. The van der Waals surface area contributed by atoms with E-state index >= 15 is 0 Å². The van der Waals surface area contributed by atoms with Crippen LogP contribution in [0.4, 0.5) is 5.69 Å². The normalized spacial score (nSPS) is 11.4. The van der Waals surface area contributed by atoms with Crippen LogP contribution in [0.15, 0.2) is 65.3 Å². The van der Waals surface area contributed by atoms with Gasteiger partial charge in [0.15, 0.2) is 0 Å². The summed E-state index contributed by atoms with van der Waals surface area (Å²) < 4.78 is 35.3. The molecule has 4 aromatic heterocycles. The van der Waals surface area contributed by atoms with E-state index in [9.17, 15) is 13.2 Å². The van der Waals surface area contributed by atoms with Gasteiger partial charge in [0, 0.05) is 29.2 Å². The molecule has 4 heterocycles. The number of nitrogens with zero attached hydrogens (tertiary/aromatic N) is 3. The summed E-state index contributed by atoms with van der Waals surface area (Å²) in [6.07, 6.45) is 3.19. The molecule has 0 fully saturated rings. The largest absolute Gasteiger partial charge is 0.480 e. The Balaban J connectivity index is 1.57. The summed E-state index contributed by atoms with van der Waals surface area (Å²) in [5.74, 6) is -0.267. The number of hydrogen-bond donors (Lipinski definition) is 2. The van der Waals surface area contributed by atoms with Crippen LogP contribution in [0, 0.1) is 6.92 Å². The molecule has 188 valence electrons. The number of sulfonamides is 1. The molecule has 9 nitrogen and oxygen atoms in total. The number of ether oxygens (including phenoxy) is 1. The van der Waals surface area contributed by atoms with Crippen molar-refractivity contribution < 1.29 is 17.9 Å². The predicted octanol–water partition coefficient (Wildman–Crippen LogP) is 4.96. The number of benzene rings is 1. The fourth-order valence-corrected chi connectivity index (χ4v) is 6.98. The fourth-order valence-electron chi connectivity index (χ4n) is 3.85. The number of methoxy groups -OCH3 is 1. The molecule has 5 rings (SSSR count). The van der Waals surface area contributed by atoms with E-state index in [-0.39, 0.29) is 27.9 Å². The Morgan fingerprint density at radius 3 is 2.65 bits per heavy atom. The van der Waals surface area contributed by atoms with Crippen LogP contribution >= 0.6 is 22.7 Å². The van der Waals surface area contributed by atoms with E-state index < -0.39 is 10.0 Å². The molecule has 0 spiro atoms. The van der Waals surface area contributed by atoms with Crippen molar-refractivity contribution in [2.45, 2.75) is 11.8 Å². The van der Waals surface area contributed by atoms with Crippen LogP contribution in [0.5, 0.6) is 5.88 Å². The molecule has 0 radical (unpaired) electrons. The van der Waals surface area contributed by atoms with Gasteiger partial charge in [-0.15, -0.1) is 22.7 Å². The van der Waals surface area contributed by atoms with Crippen LogP contribution in [-0.2, 0) is 10.0 Å². The van der Waals surface area contributed by atoms with Gasteiger partial charge in [-0.3, -0.25) is 9.52 Å². The topological polar surface area (TPSA) is 123 Å². The van der Waals surface area contributed by atoms with E-state index in [0.717, 1.165) is 31.2 Å². The highest BCUT2D eigenvalue weighted by molar-refractivity contribution is 7.92. The lowest BCUT2D eigenvalue weighted by molar-refractivity contribution is 0.0963. The van der Waals surface area contributed by atoms with Crippen molar-refractivity contribution in [1.29, 1.82) is 0 Å². The molecule has 0 bridgehead atoms. The van der Waals surface area contributed by atoms with Gasteiger partial charge < -0.3 is 10.1 Å². The number of nitrogens with one attached hydrogen (secondary N) is 2. The van der Waals surface area contributed by atoms with Gasteiger partial charge in [-0.1, -0.05) is 12.1 Å². The summed E-state index contributed by atoms with van der Waals surface area (Å²) >= 11 is 3.13. The zero-order chi connectivity index (χ0) is 26.2. The molecule has 5 aromatic rings. The Hall–Kier alpha value is -3.87. The number of carbonyl (C=O) groups excluding carboxylic acids is 1. The number of aryl methyl sites for hydroxylation is 1. The van der Waals surface area contributed by atoms with Crippen molar-refractivity contribution in [2.75, 3.05) is 18.9 Å². The van der Waals surface area contributed by atoms with Gasteiger partial charge in [0.1, 0.15) is 17.7 Å². The zero-order valence-electron chi connectivity index (χ0n) is 20.0. The predicted molar refractivity (Wildman–Crippen MR) is 146 cm³/mol. The van der Waals surface area contributed by atoms with Gasteiger partial charge in [0.2, 0.25) is 5.88 Å². The smallest absolute Gasteiger partial charge is 0.262 e. The lowest BCUT2D eigenvalue weighted by atomic mass is 10.1. The summed E-state index contributed by atoms with van der Waals surface area (Å²) in [7, 11) is -1.15. The summed E-state index contributed by atoms with van der Waals surface area (Å²) in [5.41, 5.74) is 3.74. The van der Waals surface area contributed by atoms with E-state index in [2.05, 4.69) is 25.0 Å². The van der Waals surface area contributed by atoms with Crippen LogP contribution in [0.2, 0.25) is 0 Å². The maximum atomic E-state index is 13.2. The summed E-state index contributed by atoms with van der Waals surface area (Å²) in [4.78, 5) is 27.2. The molecule has 0 atom stereocenters. The molecule has 1 aromatic carbocycles. The minimum absolute atomic E-state index is 0.0602. The molecule has 0 unspecified atom stereocenters. The highest BCUT2D eigenvalue weighted by atomic mass is 32.2. The van der Waals surface area contributed by atoms with Crippen LogP contribution in [0.3, 0.4) is 0 Å². The summed E-state index contributed by atoms with van der Waals surface area (Å²) in [5, 5.41) is 4.49. The number of anilines is 1. The molecule has 1 amide bonds. The molecular formula is C25H21N5O4S3. The zero-order valence-corrected chi connectivity index (χ0v) is 22.4. The fraction of sp³-hybridized carbons (Fsp3) is 0.120. The first-order chi connectivity index (χ1) is 17.8. The Kier molecular flexibility index (Phi) is 6.63. The number of pyridine rings is 1. The van der Waals surface area contributed by atoms with E-state index in [1.54, 1.807) is 29.9 Å². The number of fused-ring (bicyclic) bond motifs is 1. The Morgan fingerprint density at radius 1 is 1.08 bits per heavy atom. The molecule has 37 heavy (non-hydrogen) atoms. The van der Waals surface area contributed by atoms with Crippen LogP contribution in [0.1, 0.15) is 15.9 Å². The number of thiophene rings is 2. The van der Waals surface area contributed by atoms with Crippen molar-refractivity contribution >= 4 is 54.5 Å². The second kappa shape index (κ2) is 9.88. The average Bonchev–Trinajstić information content (AvgIpc) is 3.56. The van der Waals surface area contributed by atoms with Gasteiger partial charge in [-0.25, -0.2) is 23.4 Å². The molecular weight excluding hydrogens is 531 g/mol. The second-order valence-electron chi connectivity index (χ2n) is 7.93. The Bertz CT molecular complexity index is 1730. The van der Waals surface area contributed by atoms with Crippen molar-refractivity contribution in [3.8, 4) is 26.9 Å². The SMILES string of the molecule is CNC(=O)c1cccc(S(=O)(=O)Nc2cc(-c3sc4c(-c5cccs5)ncnc4c3C)cnc2OC)c1. The van der Waals surface area contributed by atoms with Gasteiger partial charge in [-0.2, -0.15) is 0 Å². The first-order valence-corrected chi connectivity index (χ1v) is 14.2. The van der Waals surface area contributed by atoms with E-state index in [1.165, 1.54) is 49.8 Å². The molecule has 0 aliphatic rings. The summed E-state index contributed by atoms with van der Waals surface area (Å²) in [6.45, 7) is 1.97. The van der Waals surface area contributed by atoms with Crippen LogP contribution in [0.25, 0.3) is 31.2 Å². The molecule has 0 saturated carbocycles. The van der Waals surface area contributed by atoms with Gasteiger partial charge in [0.25, 0.3) is 15.9 Å². The lowest BCUT2D eigenvalue weighted by Gasteiger charge is -2.13. The van der Waals surface area contributed by atoms with Crippen LogP contribution in [-0.4, -0.2) is 43.4 Å². The van der Waals surface area contributed by atoms with E-state index in [0.29, 0.717) is 5.56 Å². The Morgan fingerprint density at radius 2 is 1.92 bits per heavy atom. The number of carbonyl (C=O) groups is 1. The van der Waals surface area contributed by atoms with Crippen molar-refractivity contribution in [2.24, 2.45) is 0 Å². The van der Waals surface area contributed by atoms with Crippen LogP contribution < -0.4 is 14.8 Å². The molecule has 12 heteroatoms.